The van der Waals surface area contributed by atoms with Crippen molar-refractivity contribution in [1.82, 2.24) is 28.2 Å². The van der Waals surface area contributed by atoms with E-state index < -0.39 is 0 Å². The van der Waals surface area contributed by atoms with Crippen LogP contribution in [0.4, 0.5) is 0 Å². The lowest BCUT2D eigenvalue weighted by atomic mass is 10.1. The summed E-state index contributed by atoms with van der Waals surface area (Å²) in [5, 5.41) is 7.07. The highest BCUT2D eigenvalue weighted by molar-refractivity contribution is 6.19. The molecule has 234 valence electrons. The lowest BCUT2D eigenvalue weighted by Gasteiger charge is -2.13. The number of aromatic nitrogens is 6. The Morgan fingerprint density at radius 1 is 0.340 bits per heavy atom. The molecule has 0 radical (unpaired) electrons. The maximum atomic E-state index is 5.15. The highest BCUT2D eigenvalue weighted by atomic mass is 15.2. The Morgan fingerprint density at radius 3 is 1.34 bits per heavy atom. The molecule has 0 saturated carbocycles. The number of hydrogen-bond donors (Lipinski definition) is 0. The van der Waals surface area contributed by atoms with Crippen LogP contribution in [0.1, 0.15) is 0 Å². The van der Waals surface area contributed by atoms with E-state index in [9.17, 15) is 0 Å². The Kier molecular flexibility index (Phi) is 5.57. The van der Waals surface area contributed by atoms with Gasteiger partial charge in [-0.15, -0.1) is 0 Å². The van der Waals surface area contributed by atoms with Gasteiger partial charge in [0.25, 0.3) is 0 Å². The third kappa shape index (κ3) is 3.73. The summed E-state index contributed by atoms with van der Waals surface area (Å²) in [5.41, 5.74) is 9.83. The molecule has 0 spiro atoms. The molecule has 0 amide bonds. The minimum atomic E-state index is 0.631. The number of hydrogen-bond acceptors (Lipinski definition) is 2. The van der Waals surface area contributed by atoms with E-state index in [-0.39, 0.29) is 0 Å². The molecule has 5 heterocycles. The van der Waals surface area contributed by atoms with E-state index in [2.05, 4.69) is 176 Å². The summed E-state index contributed by atoms with van der Waals surface area (Å²) in [6, 6.07) is 51.5. The monoisotopic (exact) mass is 640 g/mol. The van der Waals surface area contributed by atoms with Crippen LogP contribution in [0.2, 0.25) is 0 Å². The molecule has 6 heteroatoms. The average molecular weight is 641 g/mol. The second kappa shape index (κ2) is 10.3. The molecule has 0 bridgehead atoms. The van der Waals surface area contributed by atoms with Crippen LogP contribution in [0.15, 0.2) is 170 Å². The van der Waals surface area contributed by atoms with Gasteiger partial charge in [-0.05, 0) is 48.5 Å². The number of benzene rings is 6. The van der Waals surface area contributed by atoms with Crippen LogP contribution in [0.5, 0.6) is 0 Å². The van der Waals surface area contributed by atoms with Crippen molar-refractivity contribution in [2.45, 2.75) is 0 Å². The van der Waals surface area contributed by atoms with Crippen molar-refractivity contribution in [2.75, 3.05) is 0 Å². The Hall–Kier alpha value is -6.92. The fraction of sp³-hybridized carbons (Fsp3) is 0. The van der Waals surface area contributed by atoms with Crippen molar-refractivity contribution in [3.05, 3.63) is 170 Å². The zero-order chi connectivity index (χ0) is 32.8. The molecule has 0 aliphatic heterocycles. The molecule has 0 fully saturated rings. The first-order valence-corrected chi connectivity index (χ1v) is 16.8. The zero-order valence-electron chi connectivity index (χ0n) is 26.8. The molecule has 0 aliphatic rings. The van der Waals surface area contributed by atoms with Crippen LogP contribution in [0, 0.1) is 0 Å². The number of nitrogens with zero attached hydrogens (tertiary/aromatic N) is 6. The van der Waals surface area contributed by atoms with E-state index in [1.165, 1.54) is 26.9 Å². The zero-order valence-corrected chi connectivity index (χ0v) is 26.8. The first-order valence-electron chi connectivity index (χ1n) is 16.8. The molecule has 50 heavy (non-hydrogen) atoms. The molecule has 0 N–H and O–H groups in total. The molecule has 0 unspecified atom stereocenters. The minimum Gasteiger partial charge on any atom is -0.315 e. The van der Waals surface area contributed by atoms with Gasteiger partial charge in [-0.25, -0.2) is 9.97 Å². The number of fused-ring (bicyclic) bond motifs is 10. The van der Waals surface area contributed by atoms with Crippen molar-refractivity contribution < 1.29 is 0 Å². The van der Waals surface area contributed by atoms with Crippen molar-refractivity contribution in [1.29, 1.82) is 0 Å². The van der Waals surface area contributed by atoms with Gasteiger partial charge in [-0.3, -0.25) is 4.57 Å². The highest BCUT2D eigenvalue weighted by Crippen LogP contribution is 2.39. The van der Waals surface area contributed by atoms with Crippen LogP contribution in [0.3, 0.4) is 0 Å². The van der Waals surface area contributed by atoms with Crippen LogP contribution in [-0.2, 0) is 0 Å². The number of para-hydroxylation sites is 4. The predicted molar refractivity (Wildman–Crippen MR) is 204 cm³/mol. The Labute approximate surface area is 286 Å². The topological polar surface area (TPSA) is 45.5 Å². The Bertz CT molecular complexity index is 2860. The van der Waals surface area contributed by atoms with Crippen LogP contribution in [-0.4, -0.2) is 28.2 Å². The normalized spacial score (nSPS) is 12.0. The largest absolute Gasteiger partial charge is 0.315 e. The molecular formula is C44H28N6. The Balaban J connectivity index is 1.18. The van der Waals surface area contributed by atoms with Crippen molar-refractivity contribution in [3.63, 3.8) is 0 Å². The van der Waals surface area contributed by atoms with Crippen molar-refractivity contribution in [2.24, 2.45) is 0 Å². The molecular weight excluding hydrogens is 613 g/mol. The van der Waals surface area contributed by atoms with E-state index in [0.29, 0.717) is 5.95 Å². The molecule has 5 aromatic heterocycles. The summed E-state index contributed by atoms with van der Waals surface area (Å²) in [6.07, 6.45) is 8.26. The summed E-state index contributed by atoms with van der Waals surface area (Å²) in [4.78, 5) is 10.3. The van der Waals surface area contributed by atoms with E-state index in [1.807, 2.05) is 12.4 Å². The average Bonchev–Trinajstić information content (AvgIpc) is 3.96. The first-order chi connectivity index (χ1) is 24.8. The third-order valence-corrected chi connectivity index (χ3v) is 10.1. The fourth-order valence-corrected chi connectivity index (χ4v) is 7.97. The predicted octanol–water partition coefficient (Wildman–Crippen LogP) is 10.6. The van der Waals surface area contributed by atoms with Gasteiger partial charge in [-0.1, -0.05) is 97.1 Å². The molecule has 11 aromatic rings. The summed E-state index contributed by atoms with van der Waals surface area (Å²) in [5.74, 6) is 0.631. The van der Waals surface area contributed by atoms with Gasteiger partial charge in [-0.2, -0.15) is 0 Å². The standard InChI is InChI=1S/C44H28N6/c1-3-11-31(12-4-1)47-25-23-29-19-21-36-34-15-7-9-17-38(34)49(42(36)40(29)47)33-27-45-44(46-28-33)50-39-18-10-8-16-35(39)37-22-20-30-24-26-48(41(30)43(37)50)32-13-5-2-6-14-32/h1-28H. The van der Waals surface area contributed by atoms with Crippen LogP contribution < -0.4 is 0 Å². The van der Waals surface area contributed by atoms with Crippen molar-refractivity contribution >= 4 is 65.4 Å². The fourth-order valence-electron chi connectivity index (χ4n) is 7.97. The molecule has 6 nitrogen and oxygen atoms in total. The van der Waals surface area contributed by atoms with Gasteiger partial charge < -0.3 is 13.7 Å². The van der Waals surface area contributed by atoms with Gasteiger partial charge in [0, 0.05) is 56.1 Å². The van der Waals surface area contributed by atoms with Crippen LogP contribution in [0.25, 0.3) is 88.4 Å². The molecule has 6 aromatic carbocycles. The van der Waals surface area contributed by atoms with E-state index in [4.69, 9.17) is 9.97 Å². The van der Waals surface area contributed by atoms with Gasteiger partial charge in [0.2, 0.25) is 5.95 Å². The SMILES string of the molecule is c1ccc(-n2ccc3ccc4c5ccccc5n(-c5cnc(-n6c7ccccc7c7ccc8ccn(-c9ccccc9)c8c76)nc5)c4c32)cc1. The number of rotatable bonds is 4. The summed E-state index contributed by atoms with van der Waals surface area (Å²) < 4.78 is 9.10. The lowest BCUT2D eigenvalue weighted by molar-refractivity contribution is 0.967. The first kappa shape index (κ1) is 27.1. The van der Waals surface area contributed by atoms with Crippen LogP contribution >= 0.6 is 0 Å². The molecule has 0 saturated heterocycles. The van der Waals surface area contributed by atoms with E-state index >= 15 is 0 Å². The molecule has 11 rings (SSSR count). The Morgan fingerprint density at radius 2 is 0.800 bits per heavy atom. The summed E-state index contributed by atoms with van der Waals surface area (Å²) in [6.45, 7) is 0. The maximum absolute atomic E-state index is 5.15. The molecule has 0 aliphatic carbocycles. The minimum absolute atomic E-state index is 0.631. The second-order valence-electron chi connectivity index (χ2n) is 12.8. The van der Waals surface area contributed by atoms with E-state index in [1.54, 1.807) is 0 Å². The maximum Gasteiger partial charge on any atom is 0.234 e. The second-order valence-corrected chi connectivity index (χ2v) is 12.8. The summed E-state index contributed by atoms with van der Waals surface area (Å²) >= 11 is 0. The van der Waals surface area contributed by atoms with Crippen molar-refractivity contribution in [3.8, 4) is 23.0 Å². The van der Waals surface area contributed by atoms with Gasteiger partial charge >= 0.3 is 0 Å². The van der Waals surface area contributed by atoms with E-state index in [0.717, 1.165) is 55.5 Å². The van der Waals surface area contributed by atoms with Gasteiger partial charge in [0.05, 0.1) is 51.2 Å². The summed E-state index contributed by atoms with van der Waals surface area (Å²) in [7, 11) is 0. The smallest absolute Gasteiger partial charge is 0.234 e. The molecule has 0 atom stereocenters. The third-order valence-electron chi connectivity index (χ3n) is 10.1. The highest BCUT2D eigenvalue weighted by Gasteiger charge is 2.21. The van der Waals surface area contributed by atoms with Gasteiger partial charge in [0.15, 0.2) is 0 Å². The lowest BCUT2D eigenvalue weighted by Crippen LogP contribution is -2.05. The van der Waals surface area contributed by atoms with Gasteiger partial charge in [0.1, 0.15) is 0 Å². The quantitative estimate of drug-likeness (QED) is 0.192.